The van der Waals surface area contributed by atoms with Crippen LogP contribution in [-0.4, -0.2) is 32.9 Å². The highest BCUT2D eigenvalue weighted by Crippen LogP contribution is 2.25. The number of aliphatic carboxylic acids is 1. The number of carbonyl (C=O) groups is 2. The number of hydrogen-bond donors (Lipinski definition) is 3. The molecule has 2 amide bonds. The third-order valence-electron chi connectivity index (χ3n) is 3.33. The van der Waals surface area contributed by atoms with Crippen molar-refractivity contribution in [2.45, 2.75) is 31.8 Å². The van der Waals surface area contributed by atoms with Gasteiger partial charge in [0.25, 0.3) is 0 Å². The second kappa shape index (κ2) is 5.73. The Hall–Kier alpha value is -2.05. The summed E-state index contributed by atoms with van der Waals surface area (Å²) in [6.07, 6.45) is 5.38. The van der Waals surface area contributed by atoms with Crippen molar-refractivity contribution in [3.8, 4) is 0 Å². The van der Waals surface area contributed by atoms with E-state index in [0.29, 0.717) is 19.4 Å². The highest BCUT2D eigenvalue weighted by molar-refractivity contribution is 5.75. The molecule has 1 aliphatic carbocycles. The Labute approximate surface area is 111 Å². The van der Waals surface area contributed by atoms with Crippen LogP contribution in [0.15, 0.2) is 12.4 Å². The maximum atomic E-state index is 11.7. The topological polar surface area (TPSA) is 96.2 Å². The summed E-state index contributed by atoms with van der Waals surface area (Å²) in [4.78, 5) is 22.5. The lowest BCUT2D eigenvalue weighted by molar-refractivity contribution is -0.141. The maximum absolute atomic E-state index is 11.7. The molecule has 0 aliphatic heterocycles. The number of urea groups is 1. The number of carboxylic acid groups (broad SMARTS) is 1. The molecular weight excluding hydrogens is 248 g/mol. The van der Waals surface area contributed by atoms with Gasteiger partial charge in [-0.1, -0.05) is 0 Å². The highest BCUT2D eigenvalue weighted by Gasteiger charge is 2.30. The number of carbonyl (C=O) groups excluding carboxylic acids is 1. The molecule has 0 spiro atoms. The van der Waals surface area contributed by atoms with Crippen molar-refractivity contribution >= 4 is 12.0 Å². The molecular formula is C12H18N4O3. The van der Waals surface area contributed by atoms with Crippen molar-refractivity contribution in [3.63, 3.8) is 0 Å². The maximum Gasteiger partial charge on any atom is 0.315 e. The second-order valence-electron chi connectivity index (χ2n) is 4.89. The third-order valence-corrected chi connectivity index (χ3v) is 3.33. The van der Waals surface area contributed by atoms with Crippen LogP contribution in [0.4, 0.5) is 4.79 Å². The van der Waals surface area contributed by atoms with Crippen molar-refractivity contribution in [2.24, 2.45) is 13.0 Å². The molecule has 1 aromatic heterocycles. The molecule has 7 nitrogen and oxygen atoms in total. The summed E-state index contributed by atoms with van der Waals surface area (Å²) in [6, 6.07) is -0.310. The highest BCUT2D eigenvalue weighted by atomic mass is 16.4. The van der Waals surface area contributed by atoms with Gasteiger partial charge in [0.05, 0.1) is 12.1 Å². The number of aromatic nitrogens is 2. The zero-order valence-corrected chi connectivity index (χ0v) is 10.8. The van der Waals surface area contributed by atoms with Gasteiger partial charge >= 0.3 is 12.0 Å². The predicted molar refractivity (Wildman–Crippen MR) is 67.3 cm³/mol. The number of nitrogens with one attached hydrogen (secondary N) is 2. The lowest BCUT2D eigenvalue weighted by atomic mass is 10.1. The summed E-state index contributed by atoms with van der Waals surface area (Å²) >= 11 is 0. The summed E-state index contributed by atoms with van der Waals surface area (Å²) in [5.74, 6) is -1.11. The van der Waals surface area contributed by atoms with Gasteiger partial charge in [-0.2, -0.15) is 5.10 Å². The average Bonchev–Trinajstić information content (AvgIpc) is 2.96. The fourth-order valence-electron chi connectivity index (χ4n) is 2.32. The second-order valence-corrected chi connectivity index (χ2v) is 4.89. The van der Waals surface area contributed by atoms with E-state index in [4.69, 9.17) is 5.11 Å². The SMILES string of the molecule is Cn1cc(CNC(=O)NC2CCC(C(=O)O)C2)cn1. The standard InChI is InChI=1S/C12H18N4O3/c1-16-7-8(6-14-16)5-13-12(19)15-10-3-2-9(4-10)11(17)18/h6-7,9-10H,2-5H2,1H3,(H,17,18)(H2,13,15,19). The minimum absolute atomic E-state index is 0.0463. The molecule has 2 rings (SSSR count). The van der Waals surface area contributed by atoms with Crippen LogP contribution in [0.2, 0.25) is 0 Å². The molecule has 1 aromatic rings. The van der Waals surface area contributed by atoms with E-state index in [0.717, 1.165) is 12.0 Å². The molecule has 7 heteroatoms. The van der Waals surface area contributed by atoms with Crippen LogP contribution in [0.3, 0.4) is 0 Å². The van der Waals surface area contributed by atoms with Gasteiger partial charge < -0.3 is 15.7 Å². The molecule has 0 saturated heterocycles. The van der Waals surface area contributed by atoms with Crippen molar-refractivity contribution in [3.05, 3.63) is 18.0 Å². The quantitative estimate of drug-likeness (QED) is 0.738. The molecule has 1 saturated carbocycles. The van der Waals surface area contributed by atoms with Gasteiger partial charge in [0.1, 0.15) is 0 Å². The minimum atomic E-state index is -0.778. The summed E-state index contributed by atoms with van der Waals surface area (Å²) in [5, 5.41) is 18.4. The predicted octanol–water partition coefficient (Wildman–Crippen LogP) is 0.473. The Bertz CT molecular complexity index is 471. The van der Waals surface area contributed by atoms with Crippen LogP contribution in [0.25, 0.3) is 0 Å². The van der Waals surface area contributed by atoms with E-state index in [1.165, 1.54) is 0 Å². The molecule has 1 fully saturated rings. The fourth-order valence-corrected chi connectivity index (χ4v) is 2.32. The number of aryl methyl sites for hydroxylation is 1. The molecule has 0 radical (unpaired) electrons. The van der Waals surface area contributed by atoms with E-state index in [9.17, 15) is 9.59 Å². The Morgan fingerprint density at radius 3 is 2.89 bits per heavy atom. The number of nitrogens with zero attached hydrogens (tertiary/aromatic N) is 2. The number of rotatable bonds is 4. The molecule has 0 bridgehead atoms. The van der Waals surface area contributed by atoms with E-state index in [-0.39, 0.29) is 18.0 Å². The van der Waals surface area contributed by atoms with Crippen molar-refractivity contribution in [2.75, 3.05) is 0 Å². The zero-order chi connectivity index (χ0) is 13.8. The van der Waals surface area contributed by atoms with Crippen LogP contribution < -0.4 is 10.6 Å². The first-order valence-electron chi connectivity index (χ1n) is 6.29. The number of hydrogen-bond acceptors (Lipinski definition) is 3. The lowest BCUT2D eigenvalue weighted by Crippen LogP contribution is -2.40. The number of carboxylic acids is 1. The zero-order valence-electron chi connectivity index (χ0n) is 10.8. The van der Waals surface area contributed by atoms with E-state index in [2.05, 4.69) is 15.7 Å². The average molecular weight is 266 g/mol. The van der Waals surface area contributed by atoms with Gasteiger partial charge in [-0.3, -0.25) is 9.48 Å². The molecule has 2 unspecified atom stereocenters. The van der Waals surface area contributed by atoms with E-state index in [1.54, 1.807) is 10.9 Å². The molecule has 2 atom stereocenters. The van der Waals surface area contributed by atoms with E-state index in [1.807, 2.05) is 13.2 Å². The smallest absolute Gasteiger partial charge is 0.315 e. The van der Waals surface area contributed by atoms with Gasteiger partial charge in [0, 0.05) is 31.4 Å². The van der Waals surface area contributed by atoms with Crippen LogP contribution in [0.5, 0.6) is 0 Å². The Morgan fingerprint density at radius 2 is 2.32 bits per heavy atom. The largest absolute Gasteiger partial charge is 0.481 e. The molecule has 0 aromatic carbocycles. The van der Waals surface area contributed by atoms with Crippen molar-refractivity contribution in [1.82, 2.24) is 20.4 Å². The molecule has 3 N–H and O–H groups in total. The van der Waals surface area contributed by atoms with Crippen molar-refractivity contribution < 1.29 is 14.7 Å². The normalized spacial score (nSPS) is 22.2. The summed E-state index contributed by atoms with van der Waals surface area (Å²) in [7, 11) is 1.81. The third kappa shape index (κ3) is 3.70. The molecule has 104 valence electrons. The summed E-state index contributed by atoms with van der Waals surface area (Å²) < 4.78 is 1.67. The first-order chi connectivity index (χ1) is 9.04. The van der Waals surface area contributed by atoms with Gasteiger partial charge in [-0.25, -0.2) is 4.79 Å². The van der Waals surface area contributed by atoms with E-state index >= 15 is 0 Å². The van der Waals surface area contributed by atoms with Gasteiger partial charge in [-0.05, 0) is 19.3 Å². The van der Waals surface area contributed by atoms with Gasteiger partial charge in [-0.15, -0.1) is 0 Å². The first kappa shape index (κ1) is 13.4. The Balaban J connectivity index is 1.72. The number of amides is 2. The monoisotopic (exact) mass is 266 g/mol. The van der Waals surface area contributed by atoms with E-state index < -0.39 is 5.97 Å². The van der Waals surface area contributed by atoms with Crippen molar-refractivity contribution in [1.29, 1.82) is 0 Å². The summed E-state index contributed by atoms with van der Waals surface area (Å²) in [6.45, 7) is 0.411. The lowest BCUT2D eigenvalue weighted by Gasteiger charge is -2.12. The minimum Gasteiger partial charge on any atom is -0.481 e. The van der Waals surface area contributed by atoms with Gasteiger partial charge in [0.15, 0.2) is 0 Å². The van der Waals surface area contributed by atoms with Crippen LogP contribution in [0, 0.1) is 5.92 Å². The Morgan fingerprint density at radius 1 is 1.53 bits per heavy atom. The first-order valence-corrected chi connectivity index (χ1v) is 6.29. The van der Waals surface area contributed by atoms with Gasteiger partial charge in [0.2, 0.25) is 0 Å². The molecule has 19 heavy (non-hydrogen) atoms. The molecule has 1 aliphatic rings. The van der Waals surface area contributed by atoms with Crippen LogP contribution in [-0.2, 0) is 18.4 Å². The van der Waals surface area contributed by atoms with Crippen LogP contribution >= 0.6 is 0 Å². The molecule has 1 heterocycles. The summed E-state index contributed by atoms with van der Waals surface area (Å²) in [5.41, 5.74) is 0.924. The Kier molecular flexibility index (Phi) is 4.03. The fraction of sp³-hybridized carbons (Fsp3) is 0.583. The van der Waals surface area contributed by atoms with Crippen LogP contribution in [0.1, 0.15) is 24.8 Å².